The Morgan fingerprint density at radius 1 is 1.07 bits per heavy atom. The lowest BCUT2D eigenvalue weighted by Crippen LogP contribution is -2.21. The highest BCUT2D eigenvalue weighted by molar-refractivity contribution is 5.80. The van der Waals surface area contributed by atoms with Crippen molar-refractivity contribution in [2.24, 2.45) is 11.8 Å². The SMILES string of the molecule is CCCC(=O)C1CCC(CCC)CC1. The molecule has 0 aromatic carbocycles. The van der Waals surface area contributed by atoms with Crippen LogP contribution in [0.5, 0.6) is 0 Å². The number of Topliss-reactive ketones (excluding diaryl/α,β-unsaturated/α-hetero) is 1. The van der Waals surface area contributed by atoms with Gasteiger partial charge in [-0.1, -0.05) is 26.7 Å². The fraction of sp³-hybridized carbons (Fsp3) is 0.923. The van der Waals surface area contributed by atoms with Crippen molar-refractivity contribution < 1.29 is 4.79 Å². The van der Waals surface area contributed by atoms with Crippen molar-refractivity contribution in [2.45, 2.75) is 65.2 Å². The summed E-state index contributed by atoms with van der Waals surface area (Å²) in [4.78, 5) is 11.7. The summed E-state index contributed by atoms with van der Waals surface area (Å²) >= 11 is 0. The number of hydrogen-bond donors (Lipinski definition) is 0. The topological polar surface area (TPSA) is 17.1 Å². The van der Waals surface area contributed by atoms with Crippen molar-refractivity contribution in [1.29, 1.82) is 0 Å². The molecule has 1 saturated carbocycles. The van der Waals surface area contributed by atoms with E-state index in [-0.39, 0.29) is 0 Å². The van der Waals surface area contributed by atoms with Gasteiger partial charge in [-0.05, 0) is 38.0 Å². The van der Waals surface area contributed by atoms with Crippen LogP contribution in [0.3, 0.4) is 0 Å². The van der Waals surface area contributed by atoms with E-state index < -0.39 is 0 Å². The van der Waals surface area contributed by atoms with Gasteiger partial charge in [0.1, 0.15) is 5.78 Å². The molecule has 0 aromatic rings. The summed E-state index contributed by atoms with van der Waals surface area (Å²) in [6.07, 6.45) is 9.44. The van der Waals surface area contributed by atoms with Crippen LogP contribution in [-0.4, -0.2) is 5.78 Å². The van der Waals surface area contributed by atoms with E-state index in [9.17, 15) is 4.79 Å². The van der Waals surface area contributed by atoms with E-state index >= 15 is 0 Å². The molecule has 1 aliphatic rings. The number of ketones is 1. The van der Waals surface area contributed by atoms with Crippen molar-refractivity contribution >= 4 is 5.78 Å². The van der Waals surface area contributed by atoms with Crippen molar-refractivity contribution in [3.05, 3.63) is 0 Å². The van der Waals surface area contributed by atoms with Crippen LogP contribution in [0.15, 0.2) is 0 Å². The summed E-state index contributed by atoms with van der Waals surface area (Å²) < 4.78 is 0. The molecule has 0 heterocycles. The third-order valence-corrected chi connectivity index (χ3v) is 3.50. The molecule has 1 fully saturated rings. The third-order valence-electron chi connectivity index (χ3n) is 3.50. The van der Waals surface area contributed by atoms with Crippen molar-refractivity contribution in [3.8, 4) is 0 Å². The molecule has 82 valence electrons. The van der Waals surface area contributed by atoms with Crippen LogP contribution in [0.25, 0.3) is 0 Å². The molecule has 0 unspecified atom stereocenters. The molecule has 0 aliphatic heterocycles. The smallest absolute Gasteiger partial charge is 0.135 e. The largest absolute Gasteiger partial charge is 0.299 e. The minimum Gasteiger partial charge on any atom is -0.299 e. The maximum atomic E-state index is 11.7. The van der Waals surface area contributed by atoms with E-state index in [4.69, 9.17) is 0 Å². The predicted molar refractivity (Wildman–Crippen MR) is 60.3 cm³/mol. The molecule has 1 rings (SSSR count). The highest BCUT2D eigenvalue weighted by Gasteiger charge is 2.24. The molecule has 1 aliphatic carbocycles. The maximum Gasteiger partial charge on any atom is 0.135 e. The van der Waals surface area contributed by atoms with Crippen LogP contribution < -0.4 is 0 Å². The Morgan fingerprint density at radius 2 is 1.71 bits per heavy atom. The molecule has 1 heteroatoms. The molecule has 0 N–H and O–H groups in total. The molecule has 14 heavy (non-hydrogen) atoms. The number of hydrogen-bond acceptors (Lipinski definition) is 1. The van der Waals surface area contributed by atoms with E-state index in [1.807, 2.05) is 0 Å². The van der Waals surface area contributed by atoms with Gasteiger partial charge in [0.05, 0.1) is 0 Å². The Labute approximate surface area is 88.3 Å². The summed E-state index contributed by atoms with van der Waals surface area (Å²) in [5, 5.41) is 0. The molecule has 0 amide bonds. The standard InChI is InChI=1S/C13H24O/c1-3-5-11-7-9-12(10-8-11)13(14)6-4-2/h11-12H,3-10H2,1-2H3. The Hall–Kier alpha value is -0.330. The summed E-state index contributed by atoms with van der Waals surface area (Å²) in [5.41, 5.74) is 0. The Morgan fingerprint density at radius 3 is 2.21 bits per heavy atom. The van der Waals surface area contributed by atoms with Gasteiger partial charge in [0.25, 0.3) is 0 Å². The average Bonchev–Trinajstić information content (AvgIpc) is 2.20. The second kappa shape index (κ2) is 6.21. The molecule has 0 spiro atoms. The first-order valence-electron chi connectivity index (χ1n) is 6.30. The highest BCUT2D eigenvalue weighted by Crippen LogP contribution is 2.32. The van der Waals surface area contributed by atoms with E-state index in [1.165, 1.54) is 38.5 Å². The zero-order valence-electron chi connectivity index (χ0n) is 9.72. The van der Waals surface area contributed by atoms with Crippen LogP contribution in [0.4, 0.5) is 0 Å². The quantitative estimate of drug-likeness (QED) is 0.650. The van der Waals surface area contributed by atoms with Gasteiger partial charge in [0, 0.05) is 12.3 Å². The average molecular weight is 196 g/mol. The van der Waals surface area contributed by atoms with Crippen LogP contribution in [0, 0.1) is 11.8 Å². The molecular weight excluding hydrogens is 172 g/mol. The first-order chi connectivity index (χ1) is 6.77. The minimum absolute atomic E-state index is 0.419. The fourth-order valence-electron chi connectivity index (χ4n) is 2.63. The number of rotatable bonds is 5. The maximum absolute atomic E-state index is 11.7. The van der Waals surface area contributed by atoms with E-state index in [0.717, 1.165) is 18.8 Å². The summed E-state index contributed by atoms with van der Waals surface area (Å²) in [5.74, 6) is 1.87. The van der Waals surface area contributed by atoms with Crippen molar-refractivity contribution in [2.75, 3.05) is 0 Å². The highest BCUT2D eigenvalue weighted by atomic mass is 16.1. The Balaban J connectivity index is 2.24. The lowest BCUT2D eigenvalue weighted by atomic mass is 9.78. The van der Waals surface area contributed by atoms with Gasteiger partial charge in [-0.2, -0.15) is 0 Å². The summed E-state index contributed by atoms with van der Waals surface area (Å²) in [7, 11) is 0. The lowest BCUT2D eigenvalue weighted by molar-refractivity contribution is -0.124. The molecule has 0 atom stereocenters. The van der Waals surface area contributed by atoms with Crippen LogP contribution in [-0.2, 0) is 4.79 Å². The van der Waals surface area contributed by atoms with Crippen LogP contribution in [0.2, 0.25) is 0 Å². The van der Waals surface area contributed by atoms with Gasteiger partial charge in [0.2, 0.25) is 0 Å². The zero-order valence-corrected chi connectivity index (χ0v) is 9.72. The van der Waals surface area contributed by atoms with Gasteiger partial charge in [-0.3, -0.25) is 4.79 Å². The molecule has 0 aromatic heterocycles. The van der Waals surface area contributed by atoms with Crippen molar-refractivity contribution in [1.82, 2.24) is 0 Å². The minimum atomic E-state index is 0.419. The van der Waals surface area contributed by atoms with Crippen molar-refractivity contribution in [3.63, 3.8) is 0 Å². The Bertz CT molecular complexity index is 166. The summed E-state index contributed by atoms with van der Waals surface area (Å²) in [6, 6.07) is 0. The van der Waals surface area contributed by atoms with E-state index in [1.54, 1.807) is 0 Å². The molecule has 0 bridgehead atoms. The van der Waals surface area contributed by atoms with Gasteiger partial charge >= 0.3 is 0 Å². The second-order valence-corrected chi connectivity index (χ2v) is 4.72. The van der Waals surface area contributed by atoms with Gasteiger partial charge in [0.15, 0.2) is 0 Å². The molecule has 0 saturated heterocycles. The predicted octanol–water partition coefficient (Wildman–Crippen LogP) is 3.96. The van der Waals surface area contributed by atoms with Gasteiger partial charge in [-0.25, -0.2) is 0 Å². The fourth-order valence-corrected chi connectivity index (χ4v) is 2.63. The second-order valence-electron chi connectivity index (χ2n) is 4.72. The van der Waals surface area contributed by atoms with Gasteiger partial charge in [-0.15, -0.1) is 0 Å². The first-order valence-corrected chi connectivity index (χ1v) is 6.30. The zero-order chi connectivity index (χ0) is 10.4. The first kappa shape index (κ1) is 11.7. The number of carbonyl (C=O) groups excluding carboxylic acids is 1. The molecule has 0 radical (unpaired) electrons. The Kier molecular flexibility index (Phi) is 5.21. The van der Waals surface area contributed by atoms with Crippen LogP contribution in [0.1, 0.15) is 65.2 Å². The van der Waals surface area contributed by atoms with Crippen LogP contribution >= 0.6 is 0 Å². The third kappa shape index (κ3) is 3.43. The normalized spacial score (nSPS) is 27.6. The molecule has 1 nitrogen and oxygen atoms in total. The monoisotopic (exact) mass is 196 g/mol. The van der Waals surface area contributed by atoms with Gasteiger partial charge < -0.3 is 0 Å². The molecular formula is C13H24O. The lowest BCUT2D eigenvalue weighted by Gasteiger charge is -2.27. The van der Waals surface area contributed by atoms with E-state index in [0.29, 0.717) is 11.7 Å². The summed E-state index contributed by atoms with van der Waals surface area (Å²) in [6.45, 7) is 4.36. The number of carbonyl (C=O) groups is 1. The van der Waals surface area contributed by atoms with E-state index in [2.05, 4.69) is 13.8 Å².